The van der Waals surface area contributed by atoms with Gasteiger partial charge in [0.25, 0.3) is 0 Å². The molecule has 0 radical (unpaired) electrons. The van der Waals surface area contributed by atoms with Crippen molar-refractivity contribution in [3.8, 4) is 28.7 Å². The molecule has 8 nitrogen and oxygen atoms in total. The van der Waals surface area contributed by atoms with E-state index in [4.69, 9.17) is 9.47 Å². The Morgan fingerprint density at radius 2 is 2.00 bits per heavy atom. The molecular weight excluding hydrogens is 406 g/mol. The molecule has 1 aliphatic rings. The van der Waals surface area contributed by atoms with Gasteiger partial charge in [0, 0.05) is 22.7 Å². The van der Waals surface area contributed by atoms with Gasteiger partial charge >= 0.3 is 0 Å². The summed E-state index contributed by atoms with van der Waals surface area (Å²) in [4.78, 5) is 12.2. The number of hydrogen-bond acceptors (Lipinski definition) is 7. The van der Waals surface area contributed by atoms with E-state index in [0.29, 0.717) is 17.1 Å². The lowest BCUT2D eigenvalue weighted by atomic mass is 10.0. The molecule has 1 aliphatic heterocycles. The van der Waals surface area contributed by atoms with E-state index in [-0.39, 0.29) is 18.4 Å². The van der Waals surface area contributed by atoms with E-state index in [1.807, 2.05) is 24.3 Å². The lowest BCUT2D eigenvalue weighted by molar-refractivity contribution is 0.163. The number of aliphatic hydroxyl groups is 1. The minimum atomic E-state index is -0.0927. The highest BCUT2D eigenvalue weighted by molar-refractivity contribution is 6.10. The third kappa shape index (κ3) is 3.51. The van der Waals surface area contributed by atoms with Crippen LogP contribution in [0.2, 0.25) is 0 Å². The van der Waals surface area contributed by atoms with Gasteiger partial charge in [-0.15, -0.1) is 0 Å². The van der Waals surface area contributed by atoms with Gasteiger partial charge < -0.3 is 24.9 Å². The van der Waals surface area contributed by atoms with Crippen LogP contribution in [0.1, 0.15) is 24.1 Å². The number of piperidine rings is 1. The number of ether oxygens (including phenoxy) is 2. The van der Waals surface area contributed by atoms with Gasteiger partial charge in [-0.25, -0.2) is 9.97 Å². The van der Waals surface area contributed by atoms with Crippen molar-refractivity contribution < 1.29 is 14.6 Å². The van der Waals surface area contributed by atoms with Gasteiger partial charge in [0.15, 0.2) is 11.4 Å². The number of methoxy groups -OCH3 is 1. The third-order valence-corrected chi connectivity index (χ3v) is 5.91. The topological polar surface area (TPSA) is 116 Å². The fourth-order valence-electron chi connectivity index (χ4n) is 4.22. The second-order valence-corrected chi connectivity index (χ2v) is 7.83. The predicted molar refractivity (Wildman–Crippen MR) is 121 cm³/mol. The molecule has 4 heterocycles. The predicted octanol–water partition coefficient (Wildman–Crippen LogP) is 3.28. The van der Waals surface area contributed by atoms with E-state index in [0.717, 1.165) is 58.9 Å². The minimum Gasteiger partial charge on any atom is -0.496 e. The summed E-state index contributed by atoms with van der Waals surface area (Å²) in [5.74, 6) is 1.13. The van der Waals surface area contributed by atoms with Gasteiger partial charge in [-0.05, 0) is 43.6 Å². The van der Waals surface area contributed by atoms with Crippen LogP contribution in [-0.4, -0.2) is 46.4 Å². The molecule has 0 aliphatic carbocycles. The standard InChI is InChI=1S/C24H23N5O3/c1-31-21-9-14(2-3-15(21)13-30)16-8-18-22-20(29-24(18)28-11-16)12-27-19(10-25)23(22)32-17-4-6-26-7-5-17/h2-3,8-9,11-12,17,26,30H,4-7,13H2,1H3,(H,28,29). The van der Waals surface area contributed by atoms with E-state index in [9.17, 15) is 10.4 Å². The van der Waals surface area contributed by atoms with Crippen molar-refractivity contribution in [3.63, 3.8) is 0 Å². The second-order valence-electron chi connectivity index (χ2n) is 7.83. The van der Waals surface area contributed by atoms with Crippen LogP contribution in [0.3, 0.4) is 0 Å². The molecule has 3 N–H and O–H groups in total. The molecule has 4 aromatic rings. The SMILES string of the molecule is COc1cc(-c2cnc3[nH]c4cnc(C#N)c(OC5CCNCC5)c4c3c2)ccc1CO. The molecule has 0 bridgehead atoms. The third-order valence-electron chi connectivity index (χ3n) is 5.91. The number of fused-ring (bicyclic) bond motifs is 3. The Labute approximate surface area is 184 Å². The van der Waals surface area contributed by atoms with Crippen LogP contribution in [0.4, 0.5) is 0 Å². The quantitative estimate of drug-likeness (QED) is 0.446. The molecule has 3 aromatic heterocycles. The molecule has 32 heavy (non-hydrogen) atoms. The summed E-state index contributed by atoms with van der Waals surface area (Å²) >= 11 is 0. The number of pyridine rings is 2. The molecule has 8 heteroatoms. The number of H-pyrrole nitrogens is 1. The number of nitrogens with zero attached hydrogens (tertiary/aromatic N) is 3. The molecule has 162 valence electrons. The van der Waals surface area contributed by atoms with Crippen molar-refractivity contribution in [1.82, 2.24) is 20.3 Å². The van der Waals surface area contributed by atoms with Crippen molar-refractivity contribution in [2.24, 2.45) is 0 Å². The van der Waals surface area contributed by atoms with Gasteiger partial charge in [0.1, 0.15) is 23.6 Å². The zero-order valence-corrected chi connectivity index (χ0v) is 17.7. The normalized spacial score (nSPS) is 14.5. The number of rotatable bonds is 5. The van der Waals surface area contributed by atoms with Crippen LogP contribution in [0.5, 0.6) is 11.5 Å². The maximum absolute atomic E-state index is 9.69. The highest BCUT2D eigenvalue weighted by atomic mass is 16.5. The Bertz CT molecular complexity index is 1340. The van der Waals surface area contributed by atoms with E-state index in [1.165, 1.54) is 0 Å². The molecular formula is C24H23N5O3. The van der Waals surface area contributed by atoms with E-state index in [1.54, 1.807) is 19.5 Å². The van der Waals surface area contributed by atoms with Crippen molar-refractivity contribution in [3.05, 3.63) is 47.9 Å². The fraction of sp³-hybridized carbons (Fsp3) is 0.292. The van der Waals surface area contributed by atoms with Gasteiger partial charge in [-0.3, -0.25) is 0 Å². The smallest absolute Gasteiger partial charge is 0.183 e. The maximum atomic E-state index is 9.69. The van der Waals surface area contributed by atoms with Crippen LogP contribution in [0.25, 0.3) is 33.1 Å². The highest BCUT2D eigenvalue weighted by Crippen LogP contribution is 2.37. The number of aromatic nitrogens is 3. The van der Waals surface area contributed by atoms with Crippen molar-refractivity contribution in [2.45, 2.75) is 25.6 Å². The van der Waals surface area contributed by atoms with Gasteiger partial charge in [-0.2, -0.15) is 5.26 Å². The van der Waals surface area contributed by atoms with Gasteiger partial charge in [-0.1, -0.05) is 12.1 Å². The van der Waals surface area contributed by atoms with E-state index in [2.05, 4.69) is 26.3 Å². The van der Waals surface area contributed by atoms with Crippen molar-refractivity contribution in [2.75, 3.05) is 20.2 Å². The first kappa shape index (κ1) is 20.2. The molecule has 0 amide bonds. The second kappa shape index (κ2) is 8.46. The minimum absolute atomic E-state index is 0.0344. The van der Waals surface area contributed by atoms with E-state index < -0.39 is 0 Å². The average molecular weight is 429 g/mol. The van der Waals surface area contributed by atoms with Crippen LogP contribution >= 0.6 is 0 Å². The monoisotopic (exact) mass is 429 g/mol. The molecule has 0 saturated carbocycles. The van der Waals surface area contributed by atoms with Crippen LogP contribution < -0.4 is 14.8 Å². The number of nitrogens with one attached hydrogen (secondary N) is 2. The summed E-state index contributed by atoms with van der Waals surface area (Å²) < 4.78 is 11.8. The molecule has 5 rings (SSSR count). The first-order valence-corrected chi connectivity index (χ1v) is 10.6. The number of nitriles is 1. The first-order chi connectivity index (χ1) is 15.7. The summed E-state index contributed by atoms with van der Waals surface area (Å²) in [6.07, 6.45) is 5.24. The summed E-state index contributed by atoms with van der Waals surface area (Å²) in [5.41, 5.74) is 4.29. The lowest BCUT2D eigenvalue weighted by Gasteiger charge is -2.24. The number of aliphatic hydroxyl groups excluding tert-OH is 1. The molecule has 1 aromatic carbocycles. The number of hydrogen-bond donors (Lipinski definition) is 3. The Hall–Kier alpha value is -3.67. The highest BCUT2D eigenvalue weighted by Gasteiger charge is 2.22. The molecule has 0 spiro atoms. The number of benzene rings is 1. The zero-order chi connectivity index (χ0) is 22.1. The van der Waals surface area contributed by atoms with Crippen LogP contribution in [0, 0.1) is 11.3 Å². The zero-order valence-electron chi connectivity index (χ0n) is 17.7. The fourth-order valence-corrected chi connectivity index (χ4v) is 4.22. The van der Waals surface area contributed by atoms with Gasteiger partial charge in [0.2, 0.25) is 0 Å². The Morgan fingerprint density at radius 3 is 2.75 bits per heavy atom. The molecule has 0 unspecified atom stereocenters. The lowest BCUT2D eigenvalue weighted by Crippen LogP contribution is -2.34. The van der Waals surface area contributed by atoms with Gasteiger partial charge in [0.05, 0.1) is 30.8 Å². The average Bonchev–Trinajstić information content (AvgIpc) is 3.22. The largest absolute Gasteiger partial charge is 0.496 e. The first-order valence-electron chi connectivity index (χ1n) is 10.6. The Kier molecular flexibility index (Phi) is 5.35. The Morgan fingerprint density at radius 1 is 1.16 bits per heavy atom. The maximum Gasteiger partial charge on any atom is 0.183 e. The Balaban J connectivity index is 1.66. The van der Waals surface area contributed by atoms with Crippen LogP contribution in [0.15, 0.2) is 36.7 Å². The van der Waals surface area contributed by atoms with Crippen LogP contribution in [-0.2, 0) is 6.61 Å². The summed E-state index contributed by atoms with van der Waals surface area (Å²) in [7, 11) is 1.58. The summed E-state index contributed by atoms with van der Waals surface area (Å²) in [6.45, 7) is 1.69. The molecule has 0 atom stereocenters. The summed E-state index contributed by atoms with van der Waals surface area (Å²) in [5, 5.41) is 24.2. The number of aromatic amines is 1. The summed E-state index contributed by atoms with van der Waals surface area (Å²) in [6, 6.07) is 9.87. The molecule has 1 saturated heterocycles. The van der Waals surface area contributed by atoms with Crippen molar-refractivity contribution in [1.29, 1.82) is 5.26 Å². The van der Waals surface area contributed by atoms with E-state index >= 15 is 0 Å². The molecule has 1 fully saturated rings. The van der Waals surface area contributed by atoms with Crippen molar-refractivity contribution >= 4 is 21.9 Å².